The van der Waals surface area contributed by atoms with E-state index < -0.39 is 0 Å². The number of nitrogens with zero attached hydrogens (tertiary/aromatic N) is 1. The van der Waals surface area contributed by atoms with Crippen LogP contribution in [0.5, 0.6) is 5.75 Å². The number of nitrogens with one attached hydrogen (secondary N) is 1. The second-order valence-corrected chi connectivity index (χ2v) is 6.58. The Labute approximate surface area is 129 Å². The normalized spacial score (nSPS) is 16.2. The summed E-state index contributed by atoms with van der Waals surface area (Å²) in [5, 5.41) is 3.70. The van der Waals surface area contributed by atoms with E-state index in [1.807, 2.05) is 0 Å². The number of benzene rings is 1. The van der Waals surface area contributed by atoms with Gasteiger partial charge in [0.15, 0.2) is 0 Å². The minimum absolute atomic E-state index is 0.199. The number of hydrogen-bond donors (Lipinski definition) is 1. The van der Waals surface area contributed by atoms with Crippen LogP contribution in [0, 0.1) is 0 Å². The van der Waals surface area contributed by atoms with Crippen molar-refractivity contribution in [3.8, 4) is 5.75 Å². The smallest absolute Gasteiger partial charge is 0.143 e. The fraction of sp³-hybridized carbons (Fsp3) is 0.667. The molecule has 1 saturated carbocycles. The van der Waals surface area contributed by atoms with Crippen LogP contribution < -0.4 is 15.0 Å². The molecule has 1 aromatic carbocycles. The number of hydrogen-bond acceptors (Lipinski definition) is 3. The summed E-state index contributed by atoms with van der Waals surface area (Å²) in [5.41, 5.74) is 2.45. The number of rotatable bonds is 6. The van der Waals surface area contributed by atoms with E-state index in [9.17, 15) is 0 Å². The van der Waals surface area contributed by atoms with E-state index in [2.05, 4.69) is 56.4 Å². The van der Waals surface area contributed by atoms with E-state index in [1.54, 1.807) is 0 Å². The predicted octanol–water partition coefficient (Wildman–Crippen LogP) is 3.96. The third-order valence-electron chi connectivity index (χ3n) is 4.07. The monoisotopic (exact) mass is 290 g/mol. The van der Waals surface area contributed by atoms with Crippen molar-refractivity contribution in [2.24, 2.45) is 0 Å². The lowest BCUT2D eigenvalue weighted by Gasteiger charge is -2.24. The Balaban J connectivity index is 2.02. The second-order valence-electron chi connectivity index (χ2n) is 6.58. The van der Waals surface area contributed by atoms with Gasteiger partial charge in [0, 0.05) is 26.7 Å². The predicted molar refractivity (Wildman–Crippen MR) is 90.2 cm³/mol. The van der Waals surface area contributed by atoms with Gasteiger partial charge in [-0.2, -0.15) is 0 Å². The topological polar surface area (TPSA) is 24.5 Å². The van der Waals surface area contributed by atoms with Crippen LogP contribution in [-0.2, 0) is 6.54 Å². The van der Waals surface area contributed by atoms with E-state index in [1.165, 1.54) is 37.7 Å². The van der Waals surface area contributed by atoms with Gasteiger partial charge in [-0.25, -0.2) is 0 Å². The maximum Gasteiger partial charge on any atom is 0.143 e. The van der Waals surface area contributed by atoms with Crippen molar-refractivity contribution in [1.82, 2.24) is 5.32 Å². The van der Waals surface area contributed by atoms with Gasteiger partial charge < -0.3 is 15.0 Å². The molecule has 1 N–H and O–H groups in total. The zero-order chi connectivity index (χ0) is 15.2. The SMILES string of the molecule is CC(C)Oc1cc(CNC2CCCCC2)ccc1N(C)C. The van der Waals surface area contributed by atoms with E-state index in [-0.39, 0.29) is 6.10 Å². The highest BCUT2D eigenvalue weighted by atomic mass is 16.5. The molecular formula is C18H30N2O. The molecule has 0 aliphatic heterocycles. The lowest BCUT2D eigenvalue weighted by Crippen LogP contribution is -2.30. The lowest BCUT2D eigenvalue weighted by molar-refractivity contribution is 0.243. The molecule has 1 aliphatic rings. The quantitative estimate of drug-likeness (QED) is 0.858. The van der Waals surface area contributed by atoms with Gasteiger partial charge in [0.25, 0.3) is 0 Å². The zero-order valence-electron chi connectivity index (χ0n) is 14.0. The Morgan fingerprint density at radius 1 is 1.19 bits per heavy atom. The van der Waals surface area contributed by atoms with Crippen LogP contribution in [0.25, 0.3) is 0 Å². The molecule has 0 amide bonds. The summed E-state index contributed by atoms with van der Waals surface area (Å²) in [6, 6.07) is 7.25. The third-order valence-corrected chi connectivity index (χ3v) is 4.07. The van der Waals surface area contributed by atoms with Crippen molar-refractivity contribution in [3.05, 3.63) is 23.8 Å². The van der Waals surface area contributed by atoms with Gasteiger partial charge in [-0.1, -0.05) is 25.3 Å². The highest BCUT2D eigenvalue weighted by molar-refractivity contribution is 5.59. The first kappa shape index (κ1) is 16.2. The molecule has 0 aromatic heterocycles. The molecule has 3 nitrogen and oxygen atoms in total. The van der Waals surface area contributed by atoms with Gasteiger partial charge in [0.05, 0.1) is 11.8 Å². The molecule has 3 heteroatoms. The van der Waals surface area contributed by atoms with Gasteiger partial charge in [-0.15, -0.1) is 0 Å². The molecule has 1 fully saturated rings. The molecule has 118 valence electrons. The van der Waals surface area contributed by atoms with Crippen molar-refractivity contribution in [3.63, 3.8) is 0 Å². The summed E-state index contributed by atoms with van der Waals surface area (Å²) < 4.78 is 5.97. The van der Waals surface area contributed by atoms with Gasteiger partial charge in [-0.05, 0) is 44.4 Å². The molecule has 0 unspecified atom stereocenters. The minimum atomic E-state index is 0.199. The van der Waals surface area contributed by atoms with Gasteiger partial charge in [0.1, 0.15) is 5.75 Å². The molecule has 0 heterocycles. The Kier molecular flexibility index (Phi) is 5.92. The summed E-state index contributed by atoms with van der Waals surface area (Å²) in [7, 11) is 4.12. The molecule has 0 saturated heterocycles. The molecule has 0 atom stereocenters. The maximum atomic E-state index is 5.97. The van der Waals surface area contributed by atoms with Crippen LogP contribution >= 0.6 is 0 Å². The second kappa shape index (κ2) is 7.69. The first-order valence-electron chi connectivity index (χ1n) is 8.26. The van der Waals surface area contributed by atoms with E-state index in [0.29, 0.717) is 6.04 Å². The zero-order valence-corrected chi connectivity index (χ0v) is 14.0. The molecular weight excluding hydrogens is 260 g/mol. The Morgan fingerprint density at radius 3 is 2.52 bits per heavy atom. The fourth-order valence-electron chi connectivity index (χ4n) is 2.96. The Bertz CT molecular complexity index is 437. The van der Waals surface area contributed by atoms with Crippen molar-refractivity contribution in [1.29, 1.82) is 0 Å². The third kappa shape index (κ3) is 4.92. The molecule has 0 bridgehead atoms. The molecule has 1 aliphatic carbocycles. The van der Waals surface area contributed by atoms with Crippen LogP contribution in [0.1, 0.15) is 51.5 Å². The molecule has 2 rings (SSSR count). The highest BCUT2D eigenvalue weighted by Crippen LogP contribution is 2.29. The van der Waals surface area contributed by atoms with Gasteiger partial charge in [-0.3, -0.25) is 0 Å². The summed E-state index contributed by atoms with van der Waals surface area (Å²) in [6.45, 7) is 5.09. The first-order valence-corrected chi connectivity index (χ1v) is 8.26. The average molecular weight is 290 g/mol. The van der Waals surface area contributed by atoms with Crippen molar-refractivity contribution in [2.75, 3.05) is 19.0 Å². The van der Waals surface area contributed by atoms with E-state index >= 15 is 0 Å². The lowest BCUT2D eigenvalue weighted by atomic mass is 9.95. The van der Waals surface area contributed by atoms with E-state index in [0.717, 1.165) is 18.0 Å². The molecule has 0 spiro atoms. The van der Waals surface area contributed by atoms with Crippen LogP contribution in [0.2, 0.25) is 0 Å². The van der Waals surface area contributed by atoms with Crippen molar-refractivity contribution < 1.29 is 4.74 Å². The Hall–Kier alpha value is -1.22. The summed E-state index contributed by atoms with van der Waals surface area (Å²) >= 11 is 0. The average Bonchev–Trinajstić information content (AvgIpc) is 2.45. The minimum Gasteiger partial charge on any atom is -0.489 e. The van der Waals surface area contributed by atoms with Crippen molar-refractivity contribution in [2.45, 2.75) is 64.6 Å². The van der Waals surface area contributed by atoms with Gasteiger partial charge in [0.2, 0.25) is 0 Å². The standard InChI is InChI=1S/C18H30N2O/c1-14(2)21-18-12-15(10-11-17(18)20(3)4)13-19-16-8-6-5-7-9-16/h10-12,14,16,19H,5-9,13H2,1-4H3. The first-order chi connectivity index (χ1) is 10.1. The summed E-state index contributed by atoms with van der Waals surface area (Å²) in [4.78, 5) is 2.11. The Morgan fingerprint density at radius 2 is 1.90 bits per heavy atom. The summed E-state index contributed by atoms with van der Waals surface area (Å²) in [5.74, 6) is 0.984. The van der Waals surface area contributed by atoms with Crippen LogP contribution in [0.4, 0.5) is 5.69 Å². The molecule has 0 radical (unpaired) electrons. The largest absolute Gasteiger partial charge is 0.489 e. The molecule has 21 heavy (non-hydrogen) atoms. The summed E-state index contributed by atoms with van der Waals surface area (Å²) in [6.07, 6.45) is 7.00. The maximum absolute atomic E-state index is 5.97. The number of ether oxygens (including phenoxy) is 1. The highest BCUT2D eigenvalue weighted by Gasteiger charge is 2.13. The van der Waals surface area contributed by atoms with Crippen LogP contribution in [0.3, 0.4) is 0 Å². The van der Waals surface area contributed by atoms with Crippen molar-refractivity contribution >= 4 is 5.69 Å². The number of anilines is 1. The van der Waals surface area contributed by atoms with Crippen LogP contribution in [-0.4, -0.2) is 26.2 Å². The molecule has 1 aromatic rings. The van der Waals surface area contributed by atoms with E-state index in [4.69, 9.17) is 4.74 Å². The van der Waals surface area contributed by atoms with Crippen LogP contribution in [0.15, 0.2) is 18.2 Å². The fourth-order valence-corrected chi connectivity index (χ4v) is 2.96. The van der Waals surface area contributed by atoms with Gasteiger partial charge >= 0.3 is 0 Å².